The average molecular weight is 1250 g/mol. The Balaban J connectivity index is 0.593. The molecule has 0 unspecified atom stereocenters. The molecule has 3 saturated heterocycles. The summed E-state index contributed by atoms with van der Waals surface area (Å²) in [4.78, 5) is 66.2. The lowest BCUT2D eigenvalue weighted by Gasteiger charge is -2.42. The smallest absolute Gasteiger partial charge is 0.318 e. The third kappa shape index (κ3) is 15.4. The van der Waals surface area contributed by atoms with Crippen LogP contribution in [0.1, 0.15) is 87.0 Å². The average Bonchev–Trinajstić information content (AvgIpc) is 1.03. The van der Waals surface area contributed by atoms with Crippen molar-refractivity contribution in [3.63, 3.8) is 0 Å². The van der Waals surface area contributed by atoms with Crippen LogP contribution in [0.15, 0.2) is 96.9 Å². The van der Waals surface area contributed by atoms with E-state index in [4.69, 9.17) is 43.4 Å². The zero-order valence-electron chi connectivity index (χ0n) is 52.4. The maximum absolute atomic E-state index is 14.4. The number of fused-ring (bicyclic) bond motifs is 3. The van der Waals surface area contributed by atoms with Crippen LogP contribution in [0.25, 0.3) is 32.8 Å². The summed E-state index contributed by atoms with van der Waals surface area (Å²) in [6.45, 7) is 13.7. The second-order valence-corrected chi connectivity index (χ2v) is 25.1. The Morgan fingerprint density at radius 2 is 1.51 bits per heavy atom. The summed E-state index contributed by atoms with van der Waals surface area (Å²) in [5, 5.41) is 23.3. The van der Waals surface area contributed by atoms with E-state index in [2.05, 4.69) is 111 Å². The SMILES string of the molecule is C=CC(=O)N1CCN(c2nc(OC[C@@H]3C[C@@H](OCCOCCOCCOCCOc4ccc(-c5csc([C@@H]6CCCN6C(=O)[C@@H](NC(=O)[C@H](C)NC)C6CCCCC6)n5)c5ccccc45)CN3C)nc3c2CCN(c2cccc4ccccc24)C3)C[C@@H]1CC#N. The van der Waals surface area contributed by atoms with Gasteiger partial charge in [0.25, 0.3) is 0 Å². The van der Waals surface area contributed by atoms with Crippen molar-refractivity contribution in [2.45, 2.75) is 114 Å². The van der Waals surface area contributed by atoms with Crippen LogP contribution in [-0.2, 0) is 46.3 Å². The number of piperazine rings is 1. The highest BCUT2D eigenvalue weighted by Gasteiger charge is 2.41. The Bertz CT molecular complexity index is 3460. The number of hydrogen-bond acceptors (Lipinski definition) is 18. The summed E-state index contributed by atoms with van der Waals surface area (Å²) >= 11 is 1.59. The van der Waals surface area contributed by atoms with Crippen molar-refractivity contribution >= 4 is 62.1 Å². The number of carbonyl (C=O) groups excluding carboxylic acids is 3. The molecule has 11 rings (SSSR count). The second-order valence-electron chi connectivity index (χ2n) is 24.3. The first kappa shape index (κ1) is 64.2. The van der Waals surface area contributed by atoms with Crippen LogP contribution in [0, 0.1) is 17.2 Å². The van der Waals surface area contributed by atoms with Crippen LogP contribution in [0.2, 0.25) is 0 Å². The molecule has 1 saturated carbocycles. The lowest BCUT2D eigenvalue weighted by Crippen LogP contribution is -2.55. The van der Waals surface area contributed by atoms with Crippen LogP contribution in [0.5, 0.6) is 11.8 Å². The van der Waals surface area contributed by atoms with Gasteiger partial charge in [0.1, 0.15) is 35.8 Å². The van der Waals surface area contributed by atoms with Gasteiger partial charge in [0, 0.05) is 78.3 Å². The topological polar surface area (TPSA) is 209 Å². The summed E-state index contributed by atoms with van der Waals surface area (Å²) in [6, 6.07) is 28.5. The van der Waals surface area contributed by atoms with Crippen molar-refractivity contribution in [2.24, 2.45) is 5.92 Å². The van der Waals surface area contributed by atoms with Gasteiger partial charge in [-0.05, 0) is 101 Å². The first-order valence-electron chi connectivity index (χ1n) is 32.3. The third-order valence-corrected chi connectivity index (χ3v) is 19.5. The lowest BCUT2D eigenvalue weighted by molar-refractivity contribution is -0.139. The maximum atomic E-state index is 14.4. The minimum Gasteiger partial charge on any atom is -0.491 e. The summed E-state index contributed by atoms with van der Waals surface area (Å²) < 4.78 is 36.6. The van der Waals surface area contributed by atoms with Crippen molar-refractivity contribution in [1.82, 2.24) is 40.3 Å². The molecule has 4 aliphatic heterocycles. The van der Waals surface area contributed by atoms with Crippen LogP contribution >= 0.6 is 11.3 Å². The molecule has 6 heterocycles. The Morgan fingerprint density at radius 1 is 0.767 bits per heavy atom. The Kier molecular flexibility index (Phi) is 22.2. The lowest BCUT2D eigenvalue weighted by atomic mass is 9.83. The maximum Gasteiger partial charge on any atom is 0.318 e. The number of thiazole rings is 1. The minimum absolute atomic E-state index is 0.0134. The van der Waals surface area contributed by atoms with E-state index in [9.17, 15) is 19.6 Å². The van der Waals surface area contributed by atoms with Gasteiger partial charge in [-0.25, -0.2) is 4.98 Å². The van der Waals surface area contributed by atoms with Gasteiger partial charge in [-0.3, -0.25) is 19.3 Å². The molecule has 4 fully saturated rings. The van der Waals surface area contributed by atoms with Gasteiger partial charge >= 0.3 is 6.01 Å². The molecule has 0 radical (unpaired) electrons. The van der Waals surface area contributed by atoms with Crippen molar-refractivity contribution in [3.8, 4) is 29.1 Å². The summed E-state index contributed by atoms with van der Waals surface area (Å²) in [5.41, 5.74) is 5.04. The number of benzene rings is 4. The van der Waals surface area contributed by atoms with E-state index in [0.717, 1.165) is 120 Å². The molecule has 1 aliphatic carbocycles. The molecule has 478 valence electrons. The van der Waals surface area contributed by atoms with Crippen LogP contribution in [0.4, 0.5) is 11.5 Å². The van der Waals surface area contributed by atoms with Crippen LogP contribution in [-0.4, -0.2) is 190 Å². The normalized spacial score (nSPS) is 20.5. The van der Waals surface area contributed by atoms with Crippen molar-refractivity contribution in [2.75, 3.05) is 123 Å². The van der Waals surface area contributed by atoms with Gasteiger partial charge < -0.3 is 58.7 Å². The quantitative estimate of drug-likeness (QED) is 0.0348. The van der Waals surface area contributed by atoms with E-state index >= 15 is 0 Å². The van der Waals surface area contributed by atoms with Gasteiger partial charge in [0.15, 0.2) is 0 Å². The van der Waals surface area contributed by atoms with E-state index in [1.165, 1.54) is 23.3 Å². The predicted octanol–water partition coefficient (Wildman–Crippen LogP) is 8.52. The molecule has 21 heteroatoms. The highest BCUT2D eigenvalue weighted by Crippen LogP contribution is 2.41. The second kappa shape index (κ2) is 31.2. The fourth-order valence-electron chi connectivity index (χ4n) is 13.6. The number of nitriles is 1. The number of likely N-dealkylation sites (tertiary alicyclic amines) is 2. The van der Waals surface area contributed by atoms with Gasteiger partial charge in [-0.15, -0.1) is 11.3 Å². The van der Waals surface area contributed by atoms with Crippen molar-refractivity contribution < 1.29 is 42.8 Å². The number of anilines is 2. The molecular weight excluding hydrogens is 1160 g/mol. The molecule has 20 nitrogen and oxygen atoms in total. The molecule has 5 aliphatic rings. The number of rotatable bonds is 28. The van der Waals surface area contributed by atoms with Gasteiger partial charge in [-0.1, -0.05) is 86.5 Å². The molecule has 6 atom stereocenters. The number of aromatic nitrogens is 3. The molecule has 0 spiro atoms. The number of amides is 3. The van der Waals surface area contributed by atoms with Gasteiger partial charge in [-0.2, -0.15) is 15.2 Å². The monoisotopic (exact) mass is 1250 g/mol. The van der Waals surface area contributed by atoms with Crippen molar-refractivity contribution in [3.05, 3.63) is 113 Å². The van der Waals surface area contributed by atoms with Gasteiger partial charge in [0.05, 0.1) is 101 Å². The number of ether oxygens (including phenoxy) is 6. The van der Waals surface area contributed by atoms with E-state index < -0.39 is 6.04 Å². The van der Waals surface area contributed by atoms with Gasteiger partial charge in [0.2, 0.25) is 17.7 Å². The molecule has 0 bridgehead atoms. The number of nitrogens with zero attached hydrogens (tertiary/aromatic N) is 9. The van der Waals surface area contributed by atoms with Crippen molar-refractivity contribution in [1.29, 1.82) is 5.26 Å². The highest BCUT2D eigenvalue weighted by molar-refractivity contribution is 7.10. The first-order chi connectivity index (χ1) is 44.1. The number of hydrogen-bond donors (Lipinski definition) is 2. The Labute approximate surface area is 532 Å². The molecule has 4 aromatic carbocycles. The molecule has 90 heavy (non-hydrogen) atoms. The third-order valence-electron chi connectivity index (χ3n) is 18.6. The first-order valence-corrected chi connectivity index (χ1v) is 33.2. The van der Waals surface area contributed by atoms with Crippen LogP contribution in [0.3, 0.4) is 0 Å². The van der Waals surface area contributed by atoms with E-state index in [1.54, 1.807) is 23.3 Å². The minimum atomic E-state index is -0.534. The standard InChI is InChI=1S/C69H87N11O9S/c1-5-63(81)79-32-31-78(42-50(79)26-28-70)65-57-27-30-77(60-22-13-18-48-15-9-10-19-53(48)60)44-58(57)73-69(75-65)89-45-51-41-52(43-76(51)4)87-39-37-85-35-33-84-34-36-86-38-40-88-62-25-24-55(54-20-11-12-21-56(54)62)59-46-90-67(72-59)61-23-14-29-80(61)68(83)64(49-16-7-6-8-17-49)74-66(82)47(2)71-3/h5,9-13,15,18-22,24-25,46-47,49-52,61,64,71H,1,6-8,14,16-17,23,26-27,29-45H2,2-4H3,(H,74,82)/t47-,50-,51-,52+,61-,64-/m0/s1. The number of likely N-dealkylation sites (N-methyl/N-ethyl adjacent to an activating group) is 2. The largest absolute Gasteiger partial charge is 0.491 e. The Morgan fingerprint density at radius 3 is 2.29 bits per heavy atom. The fraction of sp³-hybridized carbons (Fsp3) is 0.522. The highest BCUT2D eigenvalue weighted by atomic mass is 32.1. The number of nitrogens with one attached hydrogen (secondary N) is 2. The predicted molar refractivity (Wildman–Crippen MR) is 349 cm³/mol. The summed E-state index contributed by atoms with van der Waals surface area (Å²) in [7, 11) is 3.85. The summed E-state index contributed by atoms with van der Waals surface area (Å²) in [6.07, 6.45) is 10.1. The fourth-order valence-corrected chi connectivity index (χ4v) is 14.6. The zero-order chi connectivity index (χ0) is 62.3. The number of carbonyl (C=O) groups is 3. The van der Waals surface area contributed by atoms with E-state index in [1.807, 2.05) is 30.0 Å². The summed E-state index contributed by atoms with van der Waals surface area (Å²) in [5.74, 6) is 1.42. The van der Waals surface area contributed by atoms with E-state index in [0.29, 0.717) is 98.2 Å². The zero-order valence-corrected chi connectivity index (χ0v) is 53.2. The molecule has 2 aromatic heterocycles. The Hall–Kier alpha value is -7.29. The molecule has 2 N–H and O–H groups in total. The molecule has 3 amide bonds. The molecule has 6 aromatic rings. The van der Waals surface area contributed by atoms with Crippen LogP contribution < -0.4 is 29.9 Å². The molecular formula is C69H87N11O9S. The van der Waals surface area contributed by atoms with E-state index in [-0.39, 0.29) is 60.3 Å².